The van der Waals surface area contributed by atoms with Crippen LogP contribution in [0.15, 0.2) is 78.1 Å². The SMILES string of the molecule is CCS(=O)(=O)c1ccc(CNC(=O)c2ccc3c(c2)CN(c2ncc(-c4ccnc(OC)c4)cn2)C[C@@H]3C(C)C)cc1. The van der Waals surface area contributed by atoms with E-state index in [-0.39, 0.29) is 22.5 Å². The molecule has 2 aromatic carbocycles. The van der Waals surface area contributed by atoms with E-state index < -0.39 is 9.84 Å². The van der Waals surface area contributed by atoms with Crippen molar-refractivity contribution in [2.45, 2.75) is 44.7 Å². The number of pyridine rings is 1. The van der Waals surface area contributed by atoms with Crippen molar-refractivity contribution in [1.29, 1.82) is 0 Å². The number of amides is 1. The lowest BCUT2D eigenvalue weighted by Gasteiger charge is -2.37. The van der Waals surface area contributed by atoms with Crippen LogP contribution < -0.4 is 15.0 Å². The van der Waals surface area contributed by atoms with Gasteiger partial charge in [0.15, 0.2) is 9.84 Å². The Balaban J connectivity index is 1.32. The number of nitrogens with one attached hydrogen (secondary N) is 1. The van der Waals surface area contributed by atoms with Gasteiger partial charge in [0.2, 0.25) is 11.8 Å². The van der Waals surface area contributed by atoms with Gasteiger partial charge in [-0.05, 0) is 58.5 Å². The summed E-state index contributed by atoms with van der Waals surface area (Å²) in [4.78, 5) is 29.1. The topological polar surface area (TPSA) is 114 Å². The van der Waals surface area contributed by atoms with Gasteiger partial charge in [0.25, 0.3) is 5.91 Å². The molecule has 0 radical (unpaired) electrons. The zero-order chi connectivity index (χ0) is 29.9. The van der Waals surface area contributed by atoms with E-state index in [1.54, 1.807) is 44.5 Å². The highest BCUT2D eigenvalue weighted by Crippen LogP contribution is 2.35. The number of anilines is 1. The summed E-state index contributed by atoms with van der Waals surface area (Å²) in [5.74, 6) is 1.68. The Hall–Kier alpha value is -4.31. The average molecular weight is 586 g/mol. The van der Waals surface area contributed by atoms with Crippen LogP contribution in [0.4, 0.5) is 5.95 Å². The fraction of sp³-hybridized carbons (Fsp3) is 0.312. The second kappa shape index (κ2) is 12.3. The second-order valence-corrected chi connectivity index (χ2v) is 13.0. The van der Waals surface area contributed by atoms with Crippen LogP contribution in [0.25, 0.3) is 11.1 Å². The van der Waals surface area contributed by atoms with Crippen molar-refractivity contribution >= 4 is 21.7 Å². The van der Waals surface area contributed by atoms with Gasteiger partial charge in [-0.15, -0.1) is 0 Å². The van der Waals surface area contributed by atoms with Gasteiger partial charge < -0.3 is 15.0 Å². The molecule has 1 amide bonds. The zero-order valence-electron chi connectivity index (χ0n) is 24.2. The molecule has 0 saturated carbocycles. The van der Waals surface area contributed by atoms with Gasteiger partial charge in [-0.25, -0.2) is 23.4 Å². The molecule has 0 unspecified atom stereocenters. The molecule has 1 aliphatic rings. The predicted molar refractivity (Wildman–Crippen MR) is 162 cm³/mol. The molecule has 3 heterocycles. The summed E-state index contributed by atoms with van der Waals surface area (Å²) in [6.45, 7) is 7.70. The number of rotatable bonds is 9. The van der Waals surface area contributed by atoms with Crippen molar-refractivity contribution in [3.63, 3.8) is 0 Å². The number of hydrogen-bond acceptors (Lipinski definition) is 8. The maximum Gasteiger partial charge on any atom is 0.251 e. The highest BCUT2D eigenvalue weighted by atomic mass is 32.2. The molecule has 2 aromatic heterocycles. The van der Waals surface area contributed by atoms with Gasteiger partial charge in [-0.3, -0.25) is 4.79 Å². The number of fused-ring (bicyclic) bond motifs is 1. The van der Waals surface area contributed by atoms with E-state index in [1.807, 2.05) is 36.7 Å². The summed E-state index contributed by atoms with van der Waals surface area (Å²) in [6.07, 6.45) is 5.32. The molecule has 0 bridgehead atoms. The highest BCUT2D eigenvalue weighted by Gasteiger charge is 2.29. The summed E-state index contributed by atoms with van der Waals surface area (Å²) in [6, 6.07) is 16.3. The standard InChI is InChI=1S/C32H35N5O4S/c1-5-42(39,40)27-9-6-22(7-10-27)16-34-31(38)24-8-11-28-25(14-24)19-37(20-29(28)21(2)3)32-35-17-26(18-36-32)23-12-13-33-30(15-23)41-4/h6-15,17-18,21,29H,5,16,19-20H2,1-4H3,(H,34,38)/t29-/m1/s1. The Labute approximate surface area is 246 Å². The first-order chi connectivity index (χ1) is 20.2. The maximum absolute atomic E-state index is 13.1. The number of methoxy groups -OCH3 is 1. The molecule has 9 nitrogen and oxygen atoms in total. The largest absolute Gasteiger partial charge is 0.481 e. The maximum atomic E-state index is 13.1. The fourth-order valence-electron chi connectivity index (χ4n) is 5.17. The molecule has 0 aliphatic carbocycles. The molecule has 42 heavy (non-hydrogen) atoms. The van der Waals surface area contributed by atoms with Crippen molar-refractivity contribution in [3.8, 4) is 17.0 Å². The monoisotopic (exact) mass is 585 g/mol. The van der Waals surface area contributed by atoms with Gasteiger partial charge in [0.1, 0.15) is 0 Å². The number of hydrogen-bond donors (Lipinski definition) is 1. The first-order valence-corrected chi connectivity index (χ1v) is 15.6. The van der Waals surface area contributed by atoms with E-state index >= 15 is 0 Å². The number of ether oxygens (including phenoxy) is 1. The number of benzene rings is 2. The summed E-state index contributed by atoms with van der Waals surface area (Å²) >= 11 is 0. The Morgan fingerprint density at radius 3 is 2.43 bits per heavy atom. The van der Waals surface area contributed by atoms with Crippen LogP contribution in [-0.2, 0) is 22.9 Å². The molecule has 10 heteroatoms. The fourth-order valence-corrected chi connectivity index (χ4v) is 6.06. The van der Waals surface area contributed by atoms with Crippen molar-refractivity contribution < 1.29 is 17.9 Å². The van der Waals surface area contributed by atoms with Crippen molar-refractivity contribution in [1.82, 2.24) is 20.3 Å². The molecule has 1 atom stereocenters. The molecular formula is C32H35N5O4S. The number of carbonyl (C=O) groups excluding carboxylic acids is 1. The van der Waals surface area contributed by atoms with E-state index in [0.717, 1.165) is 28.8 Å². The van der Waals surface area contributed by atoms with Crippen LogP contribution in [0.1, 0.15) is 53.7 Å². The third-order valence-corrected chi connectivity index (χ3v) is 9.45. The average Bonchev–Trinajstić information content (AvgIpc) is 3.03. The van der Waals surface area contributed by atoms with Crippen molar-refractivity contribution in [2.24, 2.45) is 5.92 Å². The van der Waals surface area contributed by atoms with E-state index in [0.29, 0.717) is 36.4 Å². The number of sulfone groups is 1. The van der Waals surface area contributed by atoms with E-state index in [9.17, 15) is 13.2 Å². The van der Waals surface area contributed by atoms with Crippen LogP contribution in [-0.4, -0.2) is 48.7 Å². The first kappa shape index (κ1) is 29.2. The molecule has 4 aromatic rings. The van der Waals surface area contributed by atoms with Crippen LogP contribution in [0.5, 0.6) is 5.88 Å². The molecule has 1 N–H and O–H groups in total. The molecule has 1 aliphatic heterocycles. The van der Waals surface area contributed by atoms with Gasteiger partial charge in [0.05, 0.1) is 17.8 Å². The predicted octanol–water partition coefficient (Wildman–Crippen LogP) is 5.03. The smallest absolute Gasteiger partial charge is 0.251 e. The molecular weight excluding hydrogens is 550 g/mol. The normalized spacial score (nSPS) is 14.9. The lowest BCUT2D eigenvalue weighted by molar-refractivity contribution is 0.0950. The zero-order valence-corrected chi connectivity index (χ0v) is 25.1. The molecule has 5 rings (SSSR count). The highest BCUT2D eigenvalue weighted by molar-refractivity contribution is 7.91. The second-order valence-electron chi connectivity index (χ2n) is 10.7. The lowest BCUT2D eigenvalue weighted by atomic mass is 9.82. The molecule has 0 fully saturated rings. The first-order valence-electron chi connectivity index (χ1n) is 14.0. The van der Waals surface area contributed by atoms with Crippen molar-refractivity contribution in [3.05, 3.63) is 95.4 Å². The number of carbonyl (C=O) groups is 1. The van der Waals surface area contributed by atoms with Crippen LogP contribution in [0.2, 0.25) is 0 Å². The van der Waals surface area contributed by atoms with Crippen LogP contribution in [0, 0.1) is 5.92 Å². The molecule has 0 saturated heterocycles. The van der Waals surface area contributed by atoms with Crippen molar-refractivity contribution in [2.75, 3.05) is 24.3 Å². The van der Waals surface area contributed by atoms with E-state index in [1.165, 1.54) is 5.56 Å². The van der Waals surface area contributed by atoms with Gasteiger partial charge >= 0.3 is 0 Å². The molecule has 218 valence electrons. The minimum absolute atomic E-state index is 0.0508. The Kier molecular flexibility index (Phi) is 8.54. The summed E-state index contributed by atoms with van der Waals surface area (Å²) in [5.41, 5.74) is 5.52. The third kappa shape index (κ3) is 6.28. The lowest BCUT2D eigenvalue weighted by Crippen LogP contribution is -2.37. The number of nitrogens with zero attached hydrogens (tertiary/aromatic N) is 4. The number of aromatic nitrogens is 3. The van der Waals surface area contributed by atoms with Gasteiger partial charge in [-0.2, -0.15) is 0 Å². The quantitative estimate of drug-likeness (QED) is 0.291. The van der Waals surface area contributed by atoms with E-state index in [2.05, 4.69) is 45.1 Å². The molecule has 0 spiro atoms. The van der Waals surface area contributed by atoms with Gasteiger partial charge in [-0.1, -0.05) is 39.0 Å². The van der Waals surface area contributed by atoms with E-state index in [4.69, 9.17) is 4.74 Å². The minimum atomic E-state index is -3.26. The Morgan fingerprint density at radius 1 is 1.02 bits per heavy atom. The van der Waals surface area contributed by atoms with Crippen LogP contribution >= 0.6 is 0 Å². The Bertz CT molecular complexity index is 1670. The summed E-state index contributed by atoms with van der Waals surface area (Å²) < 4.78 is 29.4. The summed E-state index contributed by atoms with van der Waals surface area (Å²) in [7, 11) is -1.67. The summed E-state index contributed by atoms with van der Waals surface area (Å²) in [5, 5.41) is 2.96. The Morgan fingerprint density at radius 2 is 1.76 bits per heavy atom. The van der Waals surface area contributed by atoms with Gasteiger partial charge in [0, 0.05) is 61.3 Å². The van der Waals surface area contributed by atoms with Crippen LogP contribution in [0.3, 0.4) is 0 Å². The third-order valence-electron chi connectivity index (χ3n) is 7.70. The minimum Gasteiger partial charge on any atom is -0.481 e.